The van der Waals surface area contributed by atoms with Gasteiger partial charge in [0, 0.05) is 0 Å². The Hall–Kier alpha value is -2.04. The van der Waals surface area contributed by atoms with Crippen LogP contribution in [0.5, 0.6) is 5.75 Å². The van der Waals surface area contributed by atoms with E-state index in [1.54, 1.807) is 0 Å². The molecule has 2 N–H and O–H groups in total. The number of ether oxygens (including phenoxy) is 2. The van der Waals surface area contributed by atoms with Gasteiger partial charge in [-0.2, -0.15) is 0 Å². The van der Waals surface area contributed by atoms with Crippen LogP contribution in [-0.4, -0.2) is 26.5 Å². The number of carbonyl (C=O) groups is 2. The lowest BCUT2D eigenvalue weighted by molar-refractivity contribution is 0.0601. The van der Waals surface area contributed by atoms with Gasteiger partial charge in [0.1, 0.15) is 0 Å². The molecular weight excluding hydrogens is 198 g/mol. The van der Waals surface area contributed by atoms with Crippen LogP contribution in [0.1, 0.15) is 20.7 Å². The number of esters is 1. The van der Waals surface area contributed by atoms with Gasteiger partial charge in [-0.25, -0.2) is 4.79 Å². The lowest BCUT2D eigenvalue weighted by Gasteiger charge is -2.10. The number of methoxy groups -OCH3 is 2. The van der Waals surface area contributed by atoms with Crippen molar-refractivity contribution in [2.24, 2.45) is 0 Å². The third-order valence-electron chi connectivity index (χ3n) is 1.96. The van der Waals surface area contributed by atoms with Crippen LogP contribution in [0.15, 0.2) is 12.1 Å². The van der Waals surface area contributed by atoms with Gasteiger partial charge >= 0.3 is 5.97 Å². The molecule has 15 heavy (non-hydrogen) atoms. The van der Waals surface area contributed by atoms with Crippen molar-refractivity contribution in [3.8, 4) is 5.75 Å². The molecule has 0 aliphatic heterocycles. The van der Waals surface area contributed by atoms with Crippen molar-refractivity contribution in [2.45, 2.75) is 0 Å². The minimum atomic E-state index is -0.566. The molecule has 1 rings (SSSR count). The molecule has 0 heterocycles. The van der Waals surface area contributed by atoms with E-state index in [9.17, 15) is 9.59 Å². The number of rotatable bonds is 3. The number of anilines is 1. The molecule has 0 amide bonds. The summed E-state index contributed by atoms with van der Waals surface area (Å²) in [6.07, 6.45) is 0.607. The van der Waals surface area contributed by atoms with Crippen LogP contribution in [0.4, 0.5) is 5.69 Å². The van der Waals surface area contributed by atoms with Crippen LogP contribution in [0.2, 0.25) is 0 Å². The summed E-state index contributed by atoms with van der Waals surface area (Å²) >= 11 is 0. The van der Waals surface area contributed by atoms with Gasteiger partial charge in [0.2, 0.25) is 0 Å². The molecule has 0 aliphatic rings. The molecule has 5 heteroatoms. The summed E-state index contributed by atoms with van der Waals surface area (Å²) in [6, 6.07) is 2.88. The van der Waals surface area contributed by atoms with Crippen molar-refractivity contribution in [3.63, 3.8) is 0 Å². The quantitative estimate of drug-likeness (QED) is 0.454. The summed E-state index contributed by atoms with van der Waals surface area (Å²) in [5.74, 6) is -0.379. The monoisotopic (exact) mass is 209 g/mol. The van der Waals surface area contributed by atoms with Crippen LogP contribution in [0, 0.1) is 0 Å². The molecule has 5 nitrogen and oxygen atoms in total. The van der Waals surface area contributed by atoms with Crippen molar-refractivity contribution in [1.82, 2.24) is 0 Å². The lowest BCUT2D eigenvalue weighted by Crippen LogP contribution is -2.08. The minimum absolute atomic E-state index is 0.106. The number of aldehydes is 1. The Morgan fingerprint density at radius 3 is 2.53 bits per heavy atom. The summed E-state index contributed by atoms with van der Waals surface area (Å²) in [6.45, 7) is 0. The number of nitrogen functional groups attached to an aromatic ring is 1. The highest BCUT2D eigenvalue weighted by Gasteiger charge is 2.16. The molecule has 0 atom stereocenters. The lowest BCUT2D eigenvalue weighted by atomic mass is 10.1. The number of carbonyl (C=O) groups excluding carboxylic acids is 2. The minimum Gasteiger partial charge on any atom is -0.494 e. The Bertz CT molecular complexity index is 401. The first-order valence-electron chi connectivity index (χ1n) is 4.15. The molecule has 1 aromatic carbocycles. The molecule has 0 saturated carbocycles. The summed E-state index contributed by atoms with van der Waals surface area (Å²) < 4.78 is 9.47. The van der Waals surface area contributed by atoms with Gasteiger partial charge in [0.15, 0.2) is 12.0 Å². The molecular formula is C10H11NO4. The predicted octanol–water partition coefficient (Wildman–Crippen LogP) is 0.876. The fraction of sp³-hybridized carbons (Fsp3) is 0.200. The van der Waals surface area contributed by atoms with E-state index in [4.69, 9.17) is 10.5 Å². The Labute approximate surface area is 86.8 Å². The van der Waals surface area contributed by atoms with Gasteiger partial charge in [0.25, 0.3) is 0 Å². The highest BCUT2D eigenvalue weighted by atomic mass is 16.5. The SMILES string of the molecule is COC(=O)c1ccc(C=O)c(OC)c1N. The fourth-order valence-electron chi connectivity index (χ4n) is 1.22. The van der Waals surface area contributed by atoms with E-state index in [2.05, 4.69) is 4.74 Å². The molecule has 0 unspecified atom stereocenters. The molecule has 0 fully saturated rings. The van der Waals surface area contributed by atoms with Crippen LogP contribution in [0.3, 0.4) is 0 Å². The van der Waals surface area contributed by atoms with E-state index in [-0.39, 0.29) is 17.0 Å². The average molecular weight is 209 g/mol. The second kappa shape index (κ2) is 4.45. The molecule has 0 spiro atoms. The van der Waals surface area contributed by atoms with Crippen molar-refractivity contribution < 1.29 is 19.1 Å². The van der Waals surface area contributed by atoms with E-state index in [0.29, 0.717) is 11.8 Å². The number of benzene rings is 1. The third kappa shape index (κ3) is 1.90. The molecule has 0 radical (unpaired) electrons. The smallest absolute Gasteiger partial charge is 0.340 e. The number of hydrogen-bond acceptors (Lipinski definition) is 5. The fourth-order valence-corrected chi connectivity index (χ4v) is 1.22. The highest BCUT2D eigenvalue weighted by molar-refractivity contribution is 5.99. The number of nitrogens with two attached hydrogens (primary N) is 1. The van der Waals surface area contributed by atoms with Crippen LogP contribution >= 0.6 is 0 Å². The molecule has 0 bridgehead atoms. The van der Waals surface area contributed by atoms with Crippen molar-refractivity contribution in [2.75, 3.05) is 20.0 Å². The van der Waals surface area contributed by atoms with Gasteiger partial charge in [-0.1, -0.05) is 0 Å². The summed E-state index contributed by atoms with van der Waals surface area (Å²) in [7, 11) is 2.63. The van der Waals surface area contributed by atoms with Gasteiger partial charge in [-0.05, 0) is 12.1 Å². The second-order valence-corrected chi connectivity index (χ2v) is 2.76. The first-order chi connectivity index (χ1) is 7.15. The predicted molar refractivity (Wildman–Crippen MR) is 54.1 cm³/mol. The molecule has 80 valence electrons. The Morgan fingerprint density at radius 1 is 1.40 bits per heavy atom. The van der Waals surface area contributed by atoms with E-state index in [0.717, 1.165) is 0 Å². The molecule has 0 aliphatic carbocycles. The summed E-state index contributed by atoms with van der Waals surface area (Å²) in [4.78, 5) is 21.9. The normalized spacial score (nSPS) is 9.47. The van der Waals surface area contributed by atoms with Crippen LogP contribution in [-0.2, 0) is 4.74 Å². The Balaban J connectivity index is 3.35. The van der Waals surface area contributed by atoms with Gasteiger partial charge in [-0.3, -0.25) is 4.79 Å². The summed E-state index contributed by atoms with van der Waals surface area (Å²) in [5.41, 5.74) is 6.24. The van der Waals surface area contributed by atoms with Crippen LogP contribution in [0.25, 0.3) is 0 Å². The largest absolute Gasteiger partial charge is 0.494 e. The average Bonchev–Trinajstić information content (AvgIpc) is 2.27. The zero-order valence-electron chi connectivity index (χ0n) is 8.44. The Kier molecular flexibility index (Phi) is 3.28. The highest BCUT2D eigenvalue weighted by Crippen LogP contribution is 2.29. The van der Waals surface area contributed by atoms with Crippen molar-refractivity contribution in [1.29, 1.82) is 0 Å². The van der Waals surface area contributed by atoms with E-state index >= 15 is 0 Å². The van der Waals surface area contributed by atoms with E-state index in [1.807, 2.05) is 0 Å². The standard InChI is InChI=1S/C10H11NO4/c1-14-9-6(5-12)3-4-7(8(9)11)10(13)15-2/h3-5H,11H2,1-2H3. The Morgan fingerprint density at radius 2 is 2.07 bits per heavy atom. The first kappa shape index (κ1) is 11.0. The van der Waals surface area contributed by atoms with E-state index < -0.39 is 5.97 Å². The van der Waals surface area contributed by atoms with Gasteiger partial charge in [-0.15, -0.1) is 0 Å². The topological polar surface area (TPSA) is 78.6 Å². The van der Waals surface area contributed by atoms with Gasteiger partial charge < -0.3 is 15.2 Å². The van der Waals surface area contributed by atoms with Gasteiger partial charge in [0.05, 0.1) is 31.0 Å². The second-order valence-electron chi connectivity index (χ2n) is 2.76. The maximum atomic E-state index is 11.3. The molecule has 0 saturated heterocycles. The zero-order valence-corrected chi connectivity index (χ0v) is 8.44. The number of hydrogen-bond donors (Lipinski definition) is 1. The maximum absolute atomic E-state index is 11.3. The zero-order chi connectivity index (χ0) is 11.4. The first-order valence-corrected chi connectivity index (χ1v) is 4.15. The van der Waals surface area contributed by atoms with Crippen LogP contribution < -0.4 is 10.5 Å². The third-order valence-corrected chi connectivity index (χ3v) is 1.96. The van der Waals surface area contributed by atoms with Crippen molar-refractivity contribution >= 4 is 17.9 Å². The van der Waals surface area contributed by atoms with Crippen molar-refractivity contribution in [3.05, 3.63) is 23.3 Å². The molecule has 0 aromatic heterocycles. The summed E-state index contributed by atoms with van der Waals surface area (Å²) in [5, 5.41) is 0. The van der Waals surface area contributed by atoms with E-state index in [1.165, 1.54) is 26.4 Å². The molecule has 1 aromatic rings. The maximum Gasteiger partial charge on any atom is 0.340 e.